The van der Waals surface area contributed by atoms with E-state index in [-0.39, 0.29) is 12.8 Å². The fourth-order valence-corrected chi connectivity index (χ4v) is 3.97. The fraction of sp³-hybridized carbons (Fsp3) is 0.406. The molecule has 40 heavy (non-hydrogen) atoms. The summed E-state index contributed by atoms with van der Waals surface area (Å²) in [5.41, 5.74) is 2.92. The van der Waals surface area contributed by atoms with Gasteiger partial charge >= 0.3 is 12.1 Å². The van der Waals surface area contributed by atoms with E-state index in [1.165, 1.54) is 13.2 Å². The van der Waals surface area contributed by atoms with E-state index in [1.807, 2.05) is 55.5 Å². The lowest BCUT2D eigenvalue weighted by atomic mass is 9.95. The number of amides is 2. The van der Waals surface area contributed by atoms with Crippen LogP contribution in [0, 0.1) is 6.92 Å². The van der Waals surface area contributed by atoms with E-state index in [0.29, 0.717) is 12.2 Å². The molecule has 0 aliphatic rings. The molecular formula is C32H42N2O6. The van der Waals surface area contributed by atoms with Gasteiger partial charge in [-0.1, -0.05) is 36.4 Å². The summed E-state index contributed by atoms with van der Waals surface area (Å²) in [6.07, 6.45) is 4.53. The highest BCUT2D eigenvalue weighted by atomic mass is 16.6. The summed E-state index contributed by atoms with van der Waals surface area (Å²) in [4.78, 5) is 37.9. The van der Waals surface area contributed by atoms with Crippen LogP contribution in [0.4, 0.5) is 4.79 Å². The highest BCUT2D eigenvalue weighted by molar-refractivity contribution is 5.86. The Morgan fingerprint density at radius 3 is 2.42 bits per heavy atom. The molecule has 0 radical (unpaired) electrons. The molecule has 0 saturated heterocycles. The number of nitrogens with one attached hydrogen (secondary N) is 2. The first-order valence-corrected chi connectivity index (χ1v) is 13.4. The molecule has 0 aromatic heterocycles. The van der Waals surface area contributed by atoms with Crippen molar-refractivity contribution in [2.75, 3.05) is 13.7 Å². The van der Waals surface area contributed by atoms with Crippen LogP contribution in [0.1, 0.15) is 63.6 Å². The highest BCUT2D eigenvalue weighted by Gasteiger charge is 2.27. The normalized spacial score (nSPS) is 12.4. The van der Waals surface area contributed by atoms with Crippen LogP contribution < -0.4 is 15.4 Å². The van der Waals surface area contributed by atoms with Crippen molar-refractivity contribution in [3.63, 3.8) is 0 Å². The zero-order valence-electron chi connectivity index (χ0n) is 24.3. The quantitative estimate of drug-likeness (QED) is 0.165. The van der Waals surface area contributed by atoms with Gasteiger partial charge in [0.05, 0.1) is 26.2 Å². The molecule has 0 saturated carbocycles. The SMILES string of the molecule is C=CCCCOc1ccc(C)c(-c2cccc([C@H](CC(=O)OC)NC(=O)[C@H](CC=C)NC(=O)OC(C)(C)C)c2)c1. The zero-order valence-corrected chi connectivity index (χ0v) is 24.3. The van der Waals surface area contributed by atoms with Crippen molar-refractivity contribution in [2.24, 2.45) is 0 Å². The van der Waals surface area contributed by atoms with E-state index in [9.17, 15) is 14.4 Å². The minimum absolute atomic E-state index is 0.0929. The Morgan fingerprint density at radius 1 is 1.02 bits per heavy atom. The van der Waals surface area contributed by atoms with Crippen molar-refractivity contribution in [3.8, 4) is 16.9 Å². The maximum atomic E-state index is 13.3. The molecule has 0 aliphatic heterocycles. The zero-order chi connectivity index (χ0) is 29.7. The summed E-state index contributed by atoms with van der Waals surface area (Å²) in [5, 5.41) is 5.50. The average molecular weight is 551 g/mol. The van der Waals surface area contributed by atoms with Crippen LogP contribution in [0.2, 0.25) is 0 Å². The number of esters is 1. The number of unbranched alkanes of at least 4 members (excludes halogenated alkanes) is 1. The summed E-state index contributed by atoms with van der Waals surface area (Å²) < 4.78 is 16.1. The predicted molar refractivity (Wildman–Crippen MR) is 157 cm³/mol. The first-order valence-electron chi connectivity index (χ1n) is 13.4. The van der Waals surface area contributed by atoms with Crippen molar-refractivity contribution in [2.45, 2.75) is 71.1 Å². The summed E-state index contributed by atoms with van der Waals surface area (Å²) in [7, 11) is 1.30. The van der Waals surface area contributed by atoms with Gasteiger partial charge in [-0.15, -0.1) is 13.2 Å². The van der Waals surface area contributed by atoms with E-state index in [4.69, 9.17) is 14.2 Å². The Labute approximate surface area is 237 Å². The minimum Gasteiger partial charge on any atom is -0.494 e. The van der Waals surface area contributed by atoms with Gasteiger partial charge in [0.25, 0.3) is 0 Å². The lowest BCUT2D eigenvalue weighted by Gasteiger charge is -2.25. The number of hydrogen-bond acceptors (Lipinski definition) is 6. The largest absolute Gasteiger partial charge is 0.494 e. The Balaban J connectivity index is 2.33. The van der Waals surface area contributed by atoms with Crippen molar-refractivity contribution >= 4 is 18.0 Å². The van der Waals surface area contributed by atoms with Crippen LogP contribution in [-0.2, 0) is 19.1 Å². The number of carbonyl (C=O) groups is 3. The number of allylic oxidation sites excluding steroid dienone is 1. The Kier molecular flexibility index (Phi) is 12.5. The van der Waals surface area contributed by atoms with E-state index >= 15 is 0 Å². The Bertz CT molecular complexity index is 1180. The number of rotatable bonds is 14. The molecule has 0 spiro atoms. The van der Waals surface area contributed by atoms with Crippen molar-refractivity contribution in [3.05, 3.63) is 78.9 Å². The van der Waals surface area contributed by atoms with Gasteiger partial charge in [0.15, 0.2) is 0 Å². The molecule has 2 aromatic carbocycles. The highest BCUT2D eigenvalue weighted by Crippen LogP contribution is 2.30. The summed E-state index contributed by atoms with van der Waals surface area (Å²) in [6, 6.07) is 11.9. The smallest absolute Gasteiger partial charge is 0.408 e. The van der Waals surface area contributed by atoms with E-state index in [1.54, 1.807) is 20.8 Å². The number of carbonyl (C=O) groups excluding carboxylic acids is 3. The second kappa shape index (κ2) is 15.5. The fourth-order valence-electron chi connectivity index (χ4n) is 3.97. The van der Waals surface area contributed by atoms with Crippen LogP contribution in [0.25, 0.3) is 11.1 Å². The molecule has 2 N–H and O–H groups in total. The van der Waals surface area contributed by atoms with Crippen molar-refractivity contribution in [1.29, 1.82) is 0 Å². The van der Waals surface area contributed by atoms with Gasteiger partial charge in [0.1, 0.15) is 17.4 Å². The molecule has 0 aliphatic carbocycles. The van der Waals surface area contributed by atoms with Gasteiger partial charge in [0, 0.05) is 0 Å². The number of aryl methyl sites for hydroxylation is 1. The second-order valence-electron chi connectivity index (χ2n) is 10.4. The minimum atomic E-state index is -0.937. The van der Waals surface area contributed by atoms with Gasteiger partial charge in [-0.05, 0) is 87.4 Å². The van der Waals surface area contributed by atoms with Crippen molar-refractivity contribution in [1.82, 2.24) is 10.6 Å². The summed E-state index contributed by atoms with van der Waals surface area (Å²) in [6.45, 7) is 15.2. The summed E-state index contributed by atoms with van der Waals surface area (Å²) in [5.74, 6) is -0.201. The van der Waals surface area contributed by atoms with Crippen LogP contribution >= 0.6 is 0 Å². The third-order valence-electron chi connectivity index (χ3n) is 5.96. The van der Waals surface area contributed by atoms with Gasteiger partial charge in [0.2, 0.25) is 5.91 Å². The number of benzene rings is 2. The molecule has 216 valence electrons. The van der Waals surface area contributed by atoms with Gasteiger partial charge < -0.3 is 24.8 Å². The van der Waals surface area contributed by atoms with Gasteiger partial charge in [-0.2, -0.15) is 0 Å². The summed E-state index contributed by atoms with van der Waals surface area (Å²) >= 11 is 0. The predicted octanol–water partition coefficient (Wildman–Crippen LogP) is 6.20. The lowest BCUT2D eigenvalue weighted by molar-refractivity contribution is -0.141. The number of methoxy groups -OCH3 is 1. The standard InChI is InChI=1S/C32H42N2O6/c1-8-10-11-18-39-25-17-16-22(3)26(20-25)23-14-12-15-24(19-23)28(21-29(35)38-7)33-30(36)27(13-9-2)34-31(37)40-32(4,5)6/h8-9,12,14-17,19-20,27-28H,1-2,10-11,13,18,21H2,3-7H3,(H,33,36)(H,34,37)/t27-,28-/m0/s1. The molecule has 2 rings (SSSR count). The van der Waals surface area contributed by atoms with Crippen molar-refractivity contribution < 1.29 is 28.6 Å². The maximum absolute atomic E-state index is 13.3. The van der Waals surface area contributed by atoms with E-state index in [2.05, 4.69) is 23.8 Å². The molecule has 0 fully saturated rings. The monoisotopic (exact) mass is 550 g/mol. The number of alkyl carbamates (subject to hydrolysis) is 1. The van der Waals surface area contributed by atoms with Crippen LogP contribution in [-0.4, -0.2) is 43.3 Å². The first-order chi connectivity index (χ1) is 19.0. The second-order valence-corrected chi connectivity index (χ2v) is 10.4. The van der Waals surface area contributed by atoms with E-state index in [0.717, 1.165) is 35.3 Å². The molecule has 8 nitrogen and oxygen atoms in total. The Morgan fingerprint density at radius 2 is 1.77 bits per heavy atom. The maximum Gasteiger partial charge on any atom is 0.408 e. The Hall–Kier alpha value is -4.07. The molecule has 0 bridgehead atoms. The molecule has 8 heteroatoms. The van der Waals surface area contributed by atoms with Gasteiger partial charge in [-0.3, -0.25) is 9.59 Å². The molecular weight excluding hydrogens is 508 g/mol. The lowest BCUT2D eigenvalue weighted by Crippen LogP contribution is -2.49. The topological polar surface area (TPSA) is 103 Å². The third-order valence-corrected chi connectivity index (χ3v) is 5.96. The molecule has 0 heterocycles. The molecule has 2 amide bonds. The molecule has 0 unspecified atom stereocenters. The van der Waals surface area contributed by atoms with Crippen LogP contribution in [0.15, 0.2) is 67.8 Å². The van der Waals surface area contributed by atoms with Crippen LogP contribution in [0.3, 0.4) is 0 Å². The third kappa shape index (κ3) is 10.6. The number of ether oxygens (including phenoxy) is 3. The van der Waals surface area contributed by atoms with Gasteiger partial charge in [-0.25, -0.2) is 4.79 Å². The van der Waals surface area contributed by atoms with Crippen LogP contribution in [0.5, 0.6) is 5.75 Å². The number of hydrogen-bond donors (Lipinski definition) is 2. The first kappa shape index (κ1) is 32.1. The van der Waals surface area contributed by atoms with E-state index < -0.39 is 35.7 Å². The molecule has 2 aromatic rings. The average Bonchev–Trinajstić information content (AvgIpc) is 2.90. The molecule has 2 atom stereocenters.